The summed E-state index contributed by atoms with van der Waals surface area (Å²) in [5.41, 5.74) is 5.06. The van der Waals surface area contributed by atoms with Gasteiger partial charge in [0.25, 0.3) is 0 Å². The van der Waals surface area contributed by atoms with Crippen LogP contribution in [0.1, 0.15) is 26.2 Å². The molecule has 0 aromatic rings. The number of hydrogen-bond donors (Lipinski definition) is 3. The third-order valence-electron chi connectivity index (χ3n) is 1.99. The third kappa shape index (κ3) is 7.00. The molecular weight excluding hydrogens is 208 g/mol. The van der Waals surface area contributed by atoms with Crippen molar-refractivity contribution >= 4 is 11.8 Å². The summed E-state index contributed by atoms with van der Waals surface area (Å²) in [4.78, 5) is 22.3. The highest BCUT2D eigenvalue weighted by Crippen LogP contribution is 2.06. The summed E-state index contributed by atoms with van der Waals surface area (Å²) < 4.78 is 0. The minimum atomic E-state index is -0.532. The Balaban J connectivity index is 4.28. The fourth-order valence-electron chi connectivity index (χ4n) is 1.20. The van der Waals surface area contributed by atoms with Crippen LogP contribution in [0.15, 0.2) is 12.2 Å². The lowest BCUT2D eigenvalue weighted by Gasteiger charge is -2.10. The second-order valence-electron chi connectivity index (χ2n) is 3.51. The number of nitrogens with two attached hydrogens (primary N) is 1. The Kier molecular flexibility index (Phi) is 8.15. The number of aliphatic hydroxyl groups is 1. The van der Waals surface area contributed by atoms with Crippen LogP contribution in [0.5, 0.6) is 0 Å². The fraction of sp³-hybridized carbons (Fsp3) is 0.636. The monoisotopic (exact) mass is 228 g/mol. The van der Waals surface area contributed by atoms with E-state index in [0.717, 1.165) is 12.8 Å². The minimum absolute atomic E-state index is 0.00250. The van der Waals surface area contributed by atoms with Gasteiger partial charge >= 0.3 is 0 Å². The van der Waals surface area contributed by atoms with E-state index in [9.17, 15) is 9.59 Å². The van der Waals surface area contributed by atoms with Crippen molar-refractivity contribution in [3.8, 4) is 0 Å². The van der Waals surface area contributed by atoms with Crippen molar-refractivity contribution < 1.29 is 14.7 Å². The maximum absolute atomic E-state index is 11.6. The van der Waals surface area contributed by atoms with Crippen LogP contribution >= 0.6 is 0 Å². The van der Waals surface area contributed by atoms with Crippen LogP contribution in [-0.2, 0) is 9.59 Å². The molecule has 92 valence electrons. The second kappa shape index (κ2) is 8.91. The number of primary amides is 1. The average molecular weight is 228 g/mol. The Bertz CT molecular complexity index is 252. The normalized spacial score (nSPS) is 12.6. The summed E-state index contributed by atoms with van der Waals surface area (Å²) in [6.45, 7) is 2.10. The molecule has 0 aliphatic heterocycles. The highest BCUT2D eigenvalue weighted by Gasteiger charge is 2.16. The van der Waals surface area contributed by atoms with Crippen LogP contribution in [0.25, 0.3) is 0 Å². The van der Waals surface area contributed by atoms with Crippen molar-refractivity contribution in [3.05, 3.63) is 12.2 Å². The molecular formula is C11H20N2O3. The molecule has 4 N–H and O–H groups in total. The first kappa shape index (κ1) is 14.6. The summed E-state index contributed by atoms with van der Waals surface area (Å²) in [6.07, 6.45) is 5.41. The summed E-state index contributed by atoms with van der Waals surface area (Å²) in [5, 5.41) is 11.1. The van der Waals surface area contributed by atoms with Gasteiger partial charge in [-0.2, -0.15) is 0 Å². The number of allylic oxidation sites excluding steroid dienone is 1. The zero-order valence-corrected chi connectivity index (χ0v) is 9.61. The quantitative estimate of drug-likeness (QED) is 0.508. The number of hydrogen-bond acceptors (Lipinski definition) is 3. The Morgan fingerprint density at radius 2 is 2.19 bits per heavy atom. The first-order chi connectivity index (χ1) is 7.61. The first-order valence-electron chi connectivity index (χ1n) is 5.45. The Morgan fingerprint density at radius 1 is 1.50 bits per heavy atom. The van der Waals surface area contributed by atoms with Crippen molar-refractivity contribution in [2.45, 2.75) is 26.2 Å². The predicted octanol–water partition coefficient (Wildman–Crippen LogP) is -0.0572. The Morgan fingerprint density at radius 3 is 2.69 bits per heavy atom. The molecule has 0 rings (SSSR count). The fourth-order valence-corrected chi connectivity index (χ4v) is 1.20. The van der Waals surface area contributed by atoms with E-state index in [1.807, 2.05) is 13.0 Å². The van der Waals surface area contributed by atoms with Crippen molar-refractivity contribution in [2.75, 3.05) is 13.2 Å². The van der Waals surface area contributed by atoms with Crippen molar-refractivity contribution in [1.29, 1.82) is 0 Å². The number of amides is 2. The van der Waals surface area contributed by atoms with Gasteiger partial charge in [0.2, 0.25) is 11.8 Å². The molecule has 0 aliphatic rings. The van der Waals surface area contributed by atoms with E-state index in [1.165, 1.54) is 0 Å². The number of carbonyl (C=O) groups excluding carboxylic acids is 2. The molecule has 5 heteroatoms. The third-order valence-corrected chi connectivity index (χ3v) is 1.99. The lowest BCUT2D eigenvalue weighted by molar-refractivity contribution is -0.127. The van der Waals surface area contributed by atoms with E-state index < -0.39 is 11.8 Å². The molecule has 0 aliphatic carbocycles. The molecule has 0 bridgehead atoms. The van der Waals surface area contributed by atoms with Gasteiger partial charge in [0.1, 0.15) is 0 Å². The molecule has 0 saturated carbocycles. The van der Waals surface area contributed by atoms with E-state index in [0.29, 0.717) is 0 Å². The molecule has 0 radical (unpaired) electrons. The zero-order valence-electron chi connectivity index (χ0n) is 9.61. The first-order valence-corrected chi connectivity index (χ1v) is 5.45. The minimum Gasteiger partial charge on any atom is -0.395 e. The van der Waals surface area contributed by atoms with Gasteiger partial charge < -0.3 is 16.2 Å². The van der Waals surface area contributed by atoms with Crippen LogP contribution in [0.3, 0.4) is 0 Å². The highest BCUT2D eigenvalue weighted by molar-refractivity contribution is 5.86. The lowest BCUT2D eigenvalue weighted by atomic mass is 10.0. The number of nitrogens with one attached hydrogen (secondary N) is 1. The van der Waals surface area contributed by atoms with Crippen LogP contribution in [0.4, 0.5) is 0 Å². The maximum Gasteiger partial charge on any atom is 0.227 e. The molecule has 0 aromatic heterocycles. The molecule has 0 saturated heterocycles. The number of carbonyl (C=O) groups is 2. The SMILES string of the molecule is CCCC=CC(CC(N)=O)C(=O)NCCO. The number of unbranched alkanes of at least 4 members (excludes halogenated alkanes) is 1. The standard InChI is InChI=1S/C11H20N2O3/c1-2-3-4-5-9(8-10(12)15)11(16)13-6-7-14/h4-5,9,14H,2-3,6-8H2,1H3,(H2,12,15)(H,13,16). The van der Waals surface area contributed by atoms with Crippen LogP contribution in [-0.4, -0.2) is 30.1 Å². The van der Waals surface area contributed by atoms with Crippen molar-refractivity contribution in [3.63, 3.8) is 0 Å². The van der Waals surface area contributed by atoms with E-state index >= 15 is 0 Å². The van der Waals surface area contributed by atoms with Crippen molar-refractivity contribution in [1.82, 2.24) is 5.32 Å². The number of aliphatic hydroxyl groups excluding tert-OH is 1. The summed E-state index contributed by atoms with van der Waals surface area (Å²) in [7, 11) is 0. The Labute approximate surface area is 95.7 Å². The van der Waals surface area contributed by atoms with Gasteiger partial charge in [-0.05, 0) is 6.42 Å². The molecule has 1 unspecified atom stereocenters. The molecule has 16 heavy (non-hydrogen) atoms. The van der Waals surface area contributed by atoms with E-state index in [-0.39, 0.29) is 25.5 Å². The molecule has 0 aromatic carbocycles. The van der Waals surface area contributed by atoms with Gasteiger partial charge in [-0.3, -0.25) is 9.59 Å². The van der Waals surface area contributed by atoms with Gasteiger partial charge in [0.15, 0.2) is 0 Å². The highest BCUT2D eigenvalue weighted by atomic mass is 16.3. The molecule has 5 nitrogen and oxygen atoms in total. The number of rotatable bonds is 8. The summed E-state index contributed by atoms with van der Waals surface area (Å²) >= 11 is 0. The summed E-state index contributed by atoms with van der Waals surface area (Å²) in [5.74, 6) is -1.32. The molecule has 0 heterocycles. The second-order valence-corrected chi connectivity index (χ2v) is 3.51. The lowest BCUT2D eigenvalue weighted by Crippen LogP contribution is -2.34. The molecule has 2 amide bonds. The molecule has 0 spiro atoms. The van der Waals surface area contributed by atoms with Crippen LogP contribution in [0, 0.1) is 5.92 Å². The smallest absolute Gasteiger partial charge is 0.227 e. The van der Waals surface area contributed by atoms with Crippen molar-refractivity contribution in [2.24, 2.45) is 11.7 Å². The average Bonchev–Trinajstić information content (AvgIpc) is 2.24. The predicted molar refractivity (Wildman–Crippen MR) is 61.4 cm³/mol. The van der Waals surface area contributed by atoms with E-state index in [2.05, 4.69) is 5.32 Å². The molecule has 1 atom stereocenters. The van der Waals surface area contributed by atoms with Crippen LogP contribution < -0.4 is 11.1 Å². The zero-order chi connectivity index (χ0) is 12.4. The van der Waals surface area contributed by atoms with E-state index in [1.54, 1.807) is 6.08 Å². The van der Waals surface area contributed by atoms with Gasteiger partial charge in [0, 0.05) is 13.0 Å². The largest absolute Gasteiger partial charge is 0.395 e. The van der Waals surface area contributed by atoms with E-state index in [4.69, 9.17) is 10.8 Å². The van der Waals surface area contributed by atoms with Gasteiger partial charge in [-0.15, -0.1) is 0 Å². The topological polar surface area (TPSA) is 92.4 Å². The summed E-state index contributed by atoms with van der Waals surface area (Å²) in [6, 6.07) is 0. The van der Waals surface area contributed by atoms with Gasteiger partial charge in [0.05, 0.1) is 12.5 Å². The Hall–Kier alpha value is -1.36. The maximum atomic E-state index is 11.6. The van der Waals surface area contributed by atoms with Gasteiger partial charge in [-0.1, -0.05) is 25.5 Å². The van der Waals surface area contributed by atoms with Crippen LogP contribution in [0.2, 0.25) is 0 Å². The van der Waals surface area contributed by atoms with Gasteiger partial charge in [-0.25, -0.2) is 0 Å². The molecule has 0 fully saturated rings.